The van der Waals surface area contributed by atoms with Gasteiger partial charge in [-0.3, -0.25) is 0 Å². The maximum absolute atomic E-state index is 10.7. The Labute approximate surface area is 189 Å². The van der Waals surface area contributed by atoms with E-state index in [4.69, 9.17) is 21.6 Å². The number of nitrogens with zero attached hydrogens (tertiary/aromatic N) is 3. The summed E-state index contributed by atoms with van der Waals surface area (Å²) in [5.41, 5.74) is 6.83. The summed E-state index contributed by atoms with van der Waals surface area (Å²) in [7, 11) is 3.99. The molecule has 0 saturated carbocycles. The van der Waals surface area contributed by atoms with Crippen LogP contribution in [0.1, 0.15) is 42.4 Å². The Bertz CT molecular complexity index is 1100. The normalized spacial score (nSPS) is 17.5. The number of aryl methyl sites for hydroxylation is 2. The summed E-state index contributed by atoms with van der Waals surface area (Å²) in [5.74, 6) is 0.741. The minimum Gasteiger partial charge on any atom is -0.390 e. The van der Waals surface area contributed by atoms with Gasteiger partial charge >= 0.3 is 0 Å². The van der Waals surface area contributed by atoms with Crippen LogP contribution >= 0.6 is 11.6 Å². The first-order valence-electron chi connectivity index (χ1n) is 10.8. The van der Waals surface area contributed by atoms with E-state index in [1.54, 1.807) is 0 Å². The molecule has 5 nitrogen and oxygen atoms in total. The number of halogens is 1. The molecule has 0 radical (unpaired) electrons. The molecule has 3 aromatic rings. The zero-order valence-corrected chi connectivity index (χ0v) is 19.2. The summed E-state index contributed by atoms with van der Waals surface area (Å²) in [6.07, 6.45) is 1.62. The van der Waals surface area contributed by atoms with E-state index in [1.165, 1.54) is 5.56 Å². The number of rotatable bonds is 6. The summed E-state index contributed by atoms with van der Waals surface area (Å²) < 4.78 is 0. The van der Waals surface area contributed by atoms with Crippen molar-refractivity contribution in [2.24, 2.45) is 0 Å². The van der Waals surface area contributed by atoms with Crippen molar-refractivity contribution in [3.8, 4) is 11.3 Å². The highest BCUT2D eigenvalue weighted by Crippen LogP contribution is 2.36. The standard InChI is InChI=1S/C25H29ClN4O/c1-5-20-23(18-12-11-16(30(3)4)14-19(18)26)27-21(6-2)25(28-20)29-24-17-10-8-7-9-15(17)13-22(24)31/h7-12,14,22,24,31H,5-6,13H2,1-4H3,(H,28,29)/t22-,24+/m0/s1. The molecule has 4 rings (SSSR count). The number of aliphatic hydroxyl groups is 1. The molecule has 2 N–H and O–H groups in total. The zero-order chi connectivity index (χ0) is 22.1. The lowest BCUT2D eigenvalue weighted by atomic mass is 10.1. The van der Waals surface area contributed by atoms with Gasteiger partial charge in [0.2, 0.25) is 0 Å². The average molecular weight is 437 g/mol. The molecule has 0 saturated heterocycles. The Morgan fingerprint density at radius 3 is 2.48 bits per heavy atom. The van der Waals surface area contributed by atoms with E-state index in [0.717, 1.165) is 52.6 Å². The van der Waals surface area contributed by atoms with Crippen LogP contribution in [0, 0.1) is 0 Å². The van der Waals surface area contributed by atoms with Crippen molar-refractivity contribution in [3.05, 3.63) is 70.0 Å². The molecule has 1 aromatic heterocycles. The molecule has 1 aliphatic rings. The lowest BCUT2D eigenvalue weighted by Crippen LogP contribution is -2.23. The lowest BCUT2D eigenvalue weighted by molar-refractivity contribution is 0.165. The molecular formula is C25H29ClN4O. The van der Waals surface area contributed by atoms with Crippen LogP contribution in [0.2, 0.25) is 5.02 Å². The third-order valence-corrected chi connectivity index (χ3v) is 6.24. The van der Waals surface area contributed by atoms with E-state index in [9.17, 15) is 5.11 Å². The Morgan fingerprint density at radius 1 is 1.06 bits per heavy atom. The van der Waals surface area contributed by atoms with Gasteiger partial charge in [0.05, 0.1) is 34.3 Å². The molecule has 0 bridgehead atoms. The van der Waals surface area contributed by atoms with Crippen LogP contribution in [0.25, 0.3) is 11.3 Å². The number of hydrogen-bond donors (Lipinski definition) is 2. The van der Waals surface area contributed by atoms with Gasteiger partial charge in [0.1, 0.15) is 5.82 Å². The second kappa shape index (κ2) is 8.85. The van der Waals surface area contributed by atoms with Crippen LogP contribution in [-0.4, -0.2) is 35.3 Å². The fourth-order valence-corrected chi connectivity index (χ4v) is 4.46. The quantitative estimate of drug-likeness (QED) is 0.565. The Morgan fingerprint density at radius 2 is 1.81 bits per heavy atom. The summed E-state index contributed by atoms with van der Waals surface area (Å²) in [6, 6.07) is 14.0. The monoisotopic (exact) mass is 436 g/mol. The van der Waals surface area contributed by atoms with Crippen LogP contribution in [0.15, 0.2) is 42.5 Å². The summed E-state index contributed by atoms with van der Waals surface area (Å²) >= 11 is 6.64. The molecule has 0 unspecified atom stereocenters. The third-order valence-electron chi connectivity index (χ3n) is 5.93. The molecular weight excluding hydrogens is 408 g/mol. The van der Waals surface area contributed by atoms with E-state index < -0.39 is 6.10 Å². The van der Waals surface area contributed by atoms with Gasteiger partial charge in [-0.1, -0.05) is 49.7 Å². The second-order valence-corrected chi connectivity index (χ2v) is 8.58. The number of fused-ring (bicyclic) bond motifs is 1. The fourth-order valence-electron chi connectivity index (χ4n) is 4.20. The minimum absolute atomic E-state index is 0.186. The minimum atomic E-state index is -0.485. The fraction of sp³-hybridized carbons (Fsp3) is 0.360. The van der Waals surface area contributed by atoms with Crippen molar-refractivity contribution >= 4 is 23.1 Å². The highest BCUT2D eigenvalue weighted by molar-refractivity contribution is 6.33. The average Bonchev–Trinajstić information content (AvgIpc) is 3.08. The van der Waals surface area contributed by atoms with Crippen LogP contribution in [0.3, 0.4) is 0 Å². The van der Waals surface area contributed by atoms with Crippen molar-refractivity contribution in [1.29, 1.82) is 0 Å². The SMILES string of the molecule is CCc1nc(-c2ccc(N(C)C)cc2Cl)c(CC)nc1N[C@@H]1c2ccccc2C[C@@H]1O. The Hall–Kier alpha value is -2.63. The second-order valence-electron chi connectivity index (χ2n) is 8.17. The molecule has 31 heavy (non-hydrogen) atoms. The van der Waals surface area contributed by atoms with Crippen molar-refractivity contribution < 1.29 is 5.11 Å². The first kappa shape index (κ1) is 21.6. The molecule has 1 heterocycles. The molecule has 0 spiro atoms. The molecule has 6 heteroatoms. The van der Waals surface area contributed by atoms with Gasteiger partial charge in [-0.15, -0.1) is 0 Å². The van der Waals surface area contributed by atoms with Crippen molar-refractivity contribution in [3.63, 3.8) is 0 Å². The van der Waals surface area contributed by atoms with Gasteiger partial charge in [-0.2, -0.15) is 0 Å². The summed E-state index contributed by atoms with van der Waals surface area (Å²) in [4.78, 5) is 12.0. The molecule has 162 valence electrons. The van der Waals surface area contributed by atoms with Gasteiger partial charge in [0.15, 0.2) is 0 Å². The van der Waals surface area contributed by atoms with Gasteiger partial charge in [-0.25, -0.2) is 9.97 Å². The molecule has 2 aromatic carbocycles. The van der Waals surface area contributed by atoms with Gasteiger partial charge in [0, 0.05) is 31.8 Å². The number of aliphatic hydroxyl groups excluding tert-OH is 1. The van der Waals surface area contributed by atoms with Crippen LogP contribution in [-0.2, 0) is 19.3 Å². The molecule has 0 amide bonds. The Kier molecular flexibility index (Phi) is 6.17. The molecule has 0 aliphatic heterocycles. The zero-order valence-electron chi connectivity index (χ0n) is 18.5. The first-order chi connectivity index (χ1) is 14.9. The third kappa shape index (κ3) is 4.12. The van der Waals surface area contributed by atoms with Crippen molar-refractivity contribution in [2.45, 2.75) is 45.3 Å². The van der Waals surface area contributed by atoms with Crippen LogP contribution in [0.5, 0.6) is 0 Å². The maximum Gasteiger partial charge on any atom is 0.148 e. The highest BCUT2D eigenvalue weighted by Gasteiger charge is 2.31. The lowest BCUT2D eigenvalue weighted by Gasteiger charge is -2.22. The summed E-state index contributed by atoms with van der Waals surface area (Å²) in [6.45, 7) is 4.14. The van der Waals surface area contributed by atoms with E-state index in [-0.39, 0.29) is 6.04 Å². The van der Waals surface area contributed by atoms with Crippen molar-refractivity contribution in [2.75, 3.05) is 24.3 Å². The molecule has 1 aliphatic carbocycles. The number of nitrogens with one attached hydrogen (secondary N) is 1. The summed E-state index contributed by atoms with van der Waals surface area (Å²) in [5, 5.41) is 14.8. The molecule has 2 atom stereocenters. The van der Waals surface area contributed by atoms with E-state index >= 15 is 0 Å². The number of benzene rings is 2. The molecule has 0 fully saturated rings. The van der Waals surface area contributed by atoms with Gasteiger partial charge in [-0.05, 0) is 42.2 Å². The number of anilines is 2. The smallest absolute Gasteiger partial charge is 0.148 e. The van der Waals surface area contributed by atoms with E-state index in [1.807, 2.05) is 49.3 Å². The number of hydrogen-bond acceptors (Lipinski definition) is 5. The predicted molar refractivity (Wildman–Crippen MR) is 128 cm³/mol. The largest absolute Gasteiger partial charge is 0.390 e. The van der Waals surface area contributed by atoms with Crippen molar-refractivity contribution in [1.82, 2.24) is 9.97 Å². The van der Waals surface area contributed by atoms with Gasteiger partial charge < -0.3 is 15.3 Å². The van der Waals surface area contributed by atoms with E-state index in [0.29, 0.717) is 11.4 Å². The van der Waals surface area contributed by atoms with E-state index in [2.05, 4.69) is 31.3 Å². The maximum atomic E-state index is 10.7. The topological polar surface area (TPSA) is 61.3 Å². The van der Waals surface area contributed by atoms with Crippen LogP contribution < -0.4 is 10.2 Å². The predicted octanol–water partition coefficient (Wildman–Crippen LogP) is 5.06. The van der Waals surface area contributed by atoms with Crippen LogP contribution in [0.4, 0.5) is 11.5 Å². The Balaban J connectivity index is 1.74. The van der Waals surface area contributed by atoms with Gasteiger partial charge in [0.25, 0.3) is 0 Å². The number of aromatic nitrogens is 2. The highest BCUT2D eigenvalue weighted by atomic mass is 35.5. The first-order valence-corrected chi connectivity index (χ1v) is 11.2.